The van der Waals surface area contributed by atoms with Crippen LogP contribution in [0.25, 0.3) is 0 Å². The lowest BCUT2D eigenvalue weighted by Crippen LogP contribution is -2.57. The zero-order valence-corrected chi connectivity index (χ0v) is 24.7. The van der Waals surface area contributed by atoms with Gasteiger partial charge in [-0.1, -0.05) is 0 Å². The number of hydrogen-bond acceptors (Lipinski definition) is 9. The van der Waals surface area contributed by atoms with Crippen molar-refractivity contribution < 1.29 is 19.1 Å². The molecule has 10 nitrogen and oxygen atoms in total. The summed E-state index contributed by atoms with van der Waals surface area (Å²) in [5.74, 6) is 0.232. The molecule has 2 amide bonds. The zero-order chi connectivity index (χ0) is 27.0. The summed E-state index contributed by atoms with van der Waals surface area (Å²) in [7, 11) is 3.35. The first-order valence-electron chi connectivity index (χ1n) is 13.8. The fraction of sp³-hybridized carbons (Fsp3) is 0.920. The molecule has 0 aliphatic carbocycles. The molecule has 0 aromatic rings. The highest BCUT2D eigenvalue weighted by molar-refractivity contribution is 8.00. The lowest BCUT2D eigenvalue weighted by molar-refractivity contribution is -0.142. The summed E-state index contributed by atoms with van der Waals surface area (Å²) >= 11 is 14.4. The first kappa shape index (κ1) is 29.1. The molecule has 5 N–H and O–H groups in total. The average Bonchev–Trinajstić information content (AvgIpc) is 3.47. The summed E-state index contributed by atoms with van der Waals surface area (Å²) in [5, 5.41) is 17.0. The fourth-order valence-corrected chi connectivity index (χ4v) is 8.97. The van der Waals surface area contributed by atoms with E-state index in [2.05, 4.69) is 33.5 Å². The molecule has 5 saturated heterocycles. The first-order chi connectivity index (χ1) is 18.3. The molecule has 5 aliphatic rings. The molecule has 5 rings (SSSR count). The summed E-state index contributed by atoms with van der Waals surface area (Å²) < 4.78 is 11.3. The molecule has 5 aliphatic heterocycles. The van der Waals surface area contributed by atoms with Crippen molar-refractivity contribution in [1.82, 2.24) is 31.5 Å². The van der Waals surface area contributed by atoms with Crippen LogP contribution in [-0.4, -0.2) is 103 Å². The number of carbonyl (C=O) groups is 2. The predicted octanol–water partition coefficient (Wildman–Crippen LogP) is 0.643. The van der Waals surface area contributed by atoms with Gasteiger partial charge in [0.2, 0.25) is 11.8 Å². The fourth-order valence-electron chi connectivity index (χ4n) is 7.02. The molecule has 5 heterocycles. The van der Waals surface area contributed by atoms with Gasteiger partial charge in [-0.15, -0.1) is 35.0 Å². The Bertz CT molecular complexity index is 849. The van der Waals surface area contributed by atoms with Gasteiger partial charge in [0.05, 0.1) is 28.9 Å². The summed E-state index contributed by atoms with van der Waals surface area (Å²) in [6, 6.07) is 0.492. The largest absolute Gasteiger partial charge is 0.380 e. The Morgan fingerprint density at radius 3 is 2.50 bits per heavy atom. The Morgan fingerprint density at radius 1 is 0.947 bits per heavy atom. The summed E-state index contributed by atoms with van der Waals surface area (Å²) in [5.41, 5.74) is -0.434. The van der Waals surface area contributed by atoms with Gasteiger partial charge in [-0.2, -0.15) is 0 Å². The van der Waals surface area contributed by atoms with E-state index in [9.17, 15) is 9.59 Å². The van der Waals surface area contributed by atoms with Gasteiger partial charge in [-0.25, -0.2) is 0 Å². The number of rotatable bonds is 6. The van der Waals surface area contributed by atoms with Crippen LogP contribution < -0.4 is 26.6 Å². The number of nitrogens with one attached hydrogen (secondary N) is 5. The van der Waals surface area contributed by atoms with E-state index >= 15 is 0 Å². The number of amides is 2. The maximum Gasteiger partial charge on any atom is 0.229 e. The minimum atomic E-state index is -0.363. The Labute approximate surface area is 239 Å². The van der Waals surface area contributed by atoms with Crippen molar-refractivity contribution in [2.75, 3.05) is 40.4 Å². The Hall–Kier alpha value is -0.370. The average molecular weight is 594 g/mol. The number of fused-ring (bicyclic) bond motifs is 1. The number of halogens is 2. The highest BCUT2D eigenvalue weighted by Crippen LogP contribution is 2.39. The van der Waals surface area contributed by atoms with Gasteiger partial charge >= 0.3 is 0 Å². The standard InChI is InChI=1S/C25H42Cl2N6O4S/c1-12-6-14(15-7-21(27)29-9-18(15)36-2)16(8-28-12)22(34)32-25-30-17-10-33(11-19(17)38-25)24(35)13-4-5-20(26)31-23(13)37-3/h12-21,23,25,28-31H,4-11H2,1-3H3,(H,32,34). The van der Waals surface area contributed by atoms with Gasteiger partial charge in [0, 0.05) is 57.7 Å². The smallest absolute Gasteiger partial charge is 0.229 e. The monoisotopic (exact) mass is 592 g/mol. The second-order valence-corrected chi connectivity index (χ2v) is 13.8. The van der Waals surface area contributed by atoms with Gasteiger partial charge in [-0.05, 0) is 44.4 Å². The summed E-state index contributed by atoms with van der Waals surface area (Å²) in [6.45, 7) is 4.83. The normalized spacial score (nSPS) is 45.6. The third-order valence-electron chi connectivity index (χ3n) is 9.06. The van der Waals surface area contributed by atoms with Crippen LogP contribution in [0, 0.1) is 23.7 Å². The minimum absolute atomic E-state index is 0.0462. The molecule has 38 heavy (non-hydrogen) atoms. The van der Waals surface area contributed by atoms with E-state index in [1.807, 2.05) is 4.90 Å². The lowest BCUT2D eigenvalue weighted by atomic mass is 9.70. The summed E-state index contributed by atoms with van der Waals surface area (Å²) in [4.78, 5) is 28.8. The van der Waals surface area contributed by atoms with Crippen LogP contribution in [0.15, 0.2) is 0 Å². The van der Waals surface area contributed by atoms with Crippen molar-refractivity contribution in [3.05, 3.63) is 0 Å². The Balaban J connectivity index is 1.16. The predicted molar refractivity (Wildman–Crippen MR) is 149 cm³/mol. The molecule has 0 bridgehead atoms. The molecule has 0 radical (unpaired) electrons. The molecule has 0 saturated carbocycles. The number of carbonyl (C=O) groups excluding carboxylic acids is 2. The van der Waals surface area contributed by atoms with E-state index < -0.39 is 0 Å². The van der Waals surface area contributed by atoms with Gasteiger partial charge in [0.15, 0.2) is 0 Å². The second kappa shape index (κ2) is 12.7. The Morgan fingerprint density at radius 2 is 1.76 bits per heavy atom. The van der Waals surface area contributed by atoms with Crippen LogP contribution >= 0.6 is 35.0 Å². The number of methoxy groups -OCH3 is 2. The lowest BCUT2D eigenvalue weighted by Gasteiger charge is -2.45. The zero-order valence-electron chi connectivity index (χ0n) is 22.3. The van der Waals surface area contributed by atoms with Crippen molar-refractivity contribution in [3.63, 3.8) is 0 Å². The van der Waals surface area contributed by atoms with Crippen molar-refractivity contribution in [2.24, 2.45) is 23.7 Å². The molecule has 13 heteroatoms. The van der Waals surface area contributed by atoms with Crippen molar-refractivity contribution >= 4 is 46.8 Å². The van der Waals surface area contributed by atoms with Crippen molar-refractivity contribution in [2.45, 2.75) is 78.8 Å². The first-order valence-corrected chi connectivity index (χ1v) is 15.7. The van der Waals surface area contributed by atoms with Crippen LogP contribution in [0.5, 0.6) is 0 Å². The van der Waals surface area contributed by atoms with E-state index in [1.165, 1.54) is 0 Å². The molecule has 0 aromatic carbocycles. The maximum absolute atomic E-state index is 13.6. The van der Waals surface area contributed by atoms with Gasteiger partial charge in [0.25, 0.3) is 0 Å². The van der Waals surface area contributed by atoms with Gasteiger partial charge in [0.1, 0.15) is 11.7 Å². The maximum atomic E-state index is 13.6. The second-order valence-electron chi connectivity index (χ2n) is 11.4. The minimum Gasteiger partial charge on any atom is -0.380 e. The number of alkyl halides is 2. The van der Waals surface area contributed by atoms with E-state index in [-0.39, 0.29) is 75.6 Å². The van der Waals surface area contributed by atoms with Crippen LogP contribution in [0.3, 0.4) is 0 Å². The topological polar surface area (TPSA) is 116 Å². The van der Waals surface area contributed by atoms with Crippen LogP contribution in [0.4, 0.5) is 0 Å². The van der Waals surface area contributed by atoms with E-state index in [0.29, 0.717) is 38.6 Å². The third-order valence-corrected chi connectivity index (χ3v) is 11.1. The third kappa shape index (κ3) is 6.26. The number of nitrogens with zero attached hydrogens (tertiary/aromatic N) is 1. The molecule has 216 valence electrons. The van der Waals surface area contributed by atoms with Crippen LogP contribution in [0.1, 0.15) is 32.6 Å². The van der Waals surface area contributed by atoms with Crippen LogP contribution in [0.2, 0.25) is 0 Å². The molecular weight excluding hydrogens is 551 g/mol. The molecule has 12 unspecified atom stereocenters. The highest BCUT2D eigenvalue weighted by Gasteiger charge is 2.48. The SMILES string of the molecule is COC1CNC(Cl)CC1C1CC(C)NCC1C(=O)NC1NC2CN(C(=O)C3CCC(Cl)NC3OC)CC2S1. The van der Waals surface area contributed by atoms with Crippen molar-refractivity contribution in [3.8, 4) is 0 Å². The molecule has 0 spiro atoms. The number of hydrogen-bond donors (Lipinski definition) is 5. The quantitative estimate of drug-likeness (QED) is 0.224. The van der Waals surface area contributed by atoms with Gasteiger partial charge in [-0.3, -0.25) is 25.5 Å². The number of ether oxygens (including phenoxy) is 2. The summed E-state index contributed by atoms with van der Waals surface area (Å²) in [6.07, 6.45) is 2.84. The number of thioether (sulfide) groups is 1. The van der Waals surface area contributed by atoms with Crippen molar-refractivity contribution in [1.29, 1.82) is 0 Å². The van der Waals surface area contributed by atoms with E-state index in [0.717, 1.165) is 19.3 Å². The molecule has 12 atom stereocenters. The highest BCUT2D eigenvalue weighted by atomic mass is 35.5. The van der Waals surface area contributed by atoms with Crippen LogP contribution in [-0.2, 0) is 19.1 Å². The van der Waals surface area contributed by atoms with E-state index in [1.54, 1.807) is 26.0 Å². The number of likely N-dealkylation sites (tertiary alicyclic amines) is 1. The Kier molecular flexibility index (Phi) is 9.70. The number of piperidine rings is 3. The molecule has 0 aromatic heterocycles. The molecule has 5 fully saturated rings. The van der Waals surface area contributed by atoms with Gasteiger partial charge < -0.3 is 25.0 Å². The van der Waals surface area contributed by atoms with E-state index in [4.69, 9.17) is 32.7 Å². The molecular formula is C25H42Cl2N6O4S.